The van der Waals surface area contributed by atoms with E-state index in [1.54, 1.807) is 16.0 Å². The molecule has 0 unspecified atom stereocenters. The van der Waals surface area contributed by atoms with Gasteiger partial charge in [-0.15, -0.1) is 0 Å². The number of thiazole rings is 1. The molecule has 0 aliphatic carbocycles. The number of hydrogen-bond donors (Lipinski definition) is 0. The van der Waals surface area contributed by atoms with Crippen LogP contribution in [0.15, 0.2) is 28.4 Å². The molecule has 19 heavy (non-hydrogen) atoms. The van der Waals surface area contributed by atoms with Crippen LogP contribution >= 0.6 is 11.3 Å². The second-order valence-corrected chi connectivity index (χ2v) is 4.86. The molecule has 0 fully saturated rings. The summed E-state index contributed by atoms with van der Waals surface area (Å²) in [4.78, 5) is 22.7. The van der Waals surface area contributed by atoms with Gasteiger partial charge in [0.2, 0.25) is 0 Å². The first kappa shape index (κ1) is 13.5. The minimum atomic E-state index is -0.715. The van der Waals surface area contributed by atoms with E-state index in [2.05, 4.69) is 4.74 Å². The summed E-state index contributed by atoms with van der Waals surface area (Å²) in [6.45, 7) is 2.10. The number of rotatable bonds is 3. The number of hydrogen-bond acceptors (Lipinski definition) is 4. The molecular weight excluding hydrogens is 269 g/mol. The van der Waals surface area contributed by atoms with Gasteiger partial charge in [0.05, 0.1) is 19.2 Å². The lowest BCUT2D eigenvalue weighted by molar-refractivity contribution is 0.0595. The zero-order chi connectivity index (χ0) is 14.0. The lowest BCUT2D eigenvalue weighted by Crippen LogP contribution is -2.15. The molecule has 1 aromatic carbocycles. The van der Waals surface area contributed by atoms with Crippen molar-refractivity contribution in [2.75, 3.05) is 7.11 Å². The fourth-order valence-corrected chi connectivity index (χ4v) is 2.45. The van der Waals surface area contributed by atoms with E-state index in [-0.39, 0.29) is 17.0 Å². The molecule has 0 atom stereocenters. The van der Waals surface area contributed by atoms with Crippen molar-refractivity contribution in [2.24, 2.45) is 0 Å². The van der Waals surface area contributed by atoms with Crippen LogP contribution in [-0.4, -0.2) is 17.6 Å². The zero-order valence-electron chi connectivity index (χ0n) is 10.5. The number of aryl methyl sites for hydroxylation is 1. The first-order valence-corrected chi connectivity index (χ1v) is 6.42. The number of nitrogens with zero attached hydrogens (tertiary/aromatic N) is 1. The van der Waals surface area contributed by atoms with Gasteiger partial charge in [0.1, 0.15) is 5.82 Å². The fraction of sp³-hybridized carbons (Fsp3) is 0.231. The van der Waals surface area contributed by atoms with Crippen molar-refractivity contribution >= 4 is 17.3 Å². The Morgan fingerprint density at radius 3 is 2.74 bits per heavy atom. The molecule has 0 aliphatic heterocycles. The van der Waals surface area contributed by atoms with Crippen molar-refractivity contribution in [3.8, 4) is 0 Å². The maximum Gasteiger partial charge on any atom is 0.340 e. The molecule has 2 aromatic rings. The van der Waals surface area contributed by atoms with E-state index in [1.165, 1.54) is 19.2 Å². The van der Waals surface area contributed by atoms with Gasteiger partial charge < -0.3 is 4.74 Å². The molecule has 2 rings (SSSR count). The number of aromatic nitrogens is 1. The SMILES string of the molecule is COC(=O)c1ccc(Cn2c(C)csc2=O)cc1F. The number of ether oxygens (including phenoxy) is 1. The first-order valence-electron chi connectivity index (χ1n) is 5.54. The van der Waals surface area contributed by atoms with Gasteiger partial charge in [0.25, 0.3) is 0 Å². The second-order valence-electron chi connectivity index (χ2n) is 4.03. The van der Waals surface area contributed by atoms with E-state index in [1.807, 2.05) is 6.92 Å². The number of carbonyl (C=O) groups is 1. The Labute approximate surface area is 113 Å². The second kappa shape index (κ2) is 5.36. The molecule has 0 spiro atoms. The average molecular weight is 281 g/mol. The van der Waals surface area contributed by atoms with Crippen molar-refractivity contribution in [3.05, 3.63) is 55.9 Å². The maximum absolute atomic E-state index is 13.7. The van der Waals surface area contributed by atoms with Crippen LogP contribution < -0.4 is 4.87 Å². The Kier molecular flexibility index (Phi) is 3.80. The molecule has 4 nitrogen and oxygen atoms in total. The highest BCUT2D eigenvalue weighted by Crippen LogP contribution is 2.13. The van der Waals surface area contributed by atoms with Crippen LogP contribution in [0.2, 0.25) is 0 Å². The number of esters is 1. The Bertz CT molecular complexity index is 675. The third-order valence-electron chi connectivity index (χ3n) is 2.76. The van der Waals surface area contributed by atoms with E-state index < -0.39 is 11.8 Å². The first-order chi connectivity index (χ1) is 9.02. The molecule has 6 heteroatoms. The van der Waals surface area contributed by atoms with Crippen LogP contribution in [0.25, 0.3) is 0 Å². The van der Waals surface area contributed by atoms with Crippen molar-refractivity contribution in [3.63, 3.8) is 0 Å². The summed E-state index contributed by atoms with van der Waals surface area (Å²) in [6.07, 6.45) is 0. The molecule has 0 N–H and O–H groups in total. The number of carbonyl (C=O) groups excluding carboxylic acids is 1. The van der Waals surface area contributed by atoms with Crippen molar-refractivity contribution in [1.29, 1.82) is 0 Å². The molecule has 0 bridgehead atoms. The Morgan fingerprint density at radius 2 is 2.21 bits per heavy atom. The summed E-state index contributed by atoms with van der Waals surface area (Å²) >= 11 is 1.11. The minimum absolute atomic E-state index is 0.0880. The topological polar surface area (TPSA) is 48.3 Å². The largest absolute Gasteiger partial charge is 0.465 e. The lowest BCUT2D eigenvalue weighted by Gasteiger charge is -2.07. The molecule has 0 saturated carbocycles. The summed E-state index contributed by atoms with van der Waals surface area (Å²) in [5, 5.41) is 1.75. The maximum atomic E-state index is 13.7. The van der Waals surface area contributed by atoms with Gasteiger partial charge in [-0.05, 0) is 24.6 Å². The summed E-state index contributed by atoms with van der Waals surface area (Å²) in [5.41, 5.74) is 1.34. The summed E-state index contributed by atoms with van der Waals surface area (Å²) in [6, 6.07) is 4.22. The smallest absolute Gasteiger partial charge is 0.340 e. The monoisotopic (exact) mass is 281 g/mol. The third kappa shape index (κ3) is 2.73. The highest BCUT2D eigenvalue weighted by atomic mass is 32.1. The highest BCUT2D eigenvalue weighted by Gasteiger charge is 2.13. The van der Waals surface area contributed by atoms with Crippen LogP contribution in [0.3, 0.4) is 0 Å². The summed E-state index contributed by atoms with van der Waals surface area (Å²) in [5.74, 6) is -1.36. The quantitative estimate of drug-likeness (QED) is 0.810. The lowest BCUT2D eigenvalue weighted by atomic mass is 10.1. The molecular formula is C13H12FNO3S. The standard InChI is InChI=1S/C13H12FNO3S/c1-8-7-19-13(17)15(8)6-9-3-4-10(11(14)5-9)12(16)18-2/h3-5,7H,6H2,1-2H3. The predicted octanol–water partition coefficient (Wildman–Crippen LogP) is 2.19. The summed E-state index contributed by atoms with van der Waals surface area (Å²) < 4.78 is 19.8. The van der Waals surface area contributed by atoms with E-state index in [9.17, 15) is 14.0 Å². The van der Waals surface area contributed by atoms with Crippen molar-refractivity contribution in [1.82, 2.24) is 4.57 Å². The Morgan fingerprint density at radius 1 is 1.47 bits per heavy atom. The van der Waals surface area contributed by atoms with Gasteiger partial charge >= 0.3 is 10.8 Å². The highest BCUT2D eigenvalue weighted by molar-refractivity contribution is 7.07. The minimum Gasteiger partial charge on any atom is -0.465 e. The van der Waals surface area contributed by atoms with E-state index in [0.29, 0.717) is 5.56 Å². The molecule has 0 amide bonds. The zero-order valence-corrected chi connectivity index (χ0v) is 11.3. The third-order valence-corrected chi connectivity index (χ3v) is 3.64. The molecule has 1 aromatic heterocycles. The van der Waals surface area contributed by atoms with Gasteiger partial charge in [0, 0.05) is 11.1 Å². The van der Waals surface area contributed by atoms with E-state index >= 15 is 0 Å². The van der Waals surface area contributed by atoms with Gasteiger partial charge in [-0.2, -0.15) is 0 Å². The summed E-state index contributed by atoms with van der Waals surface area (Å²) in [7, 11) is 1.20. The van der Waals surface area contributed by atoms with Crippen LogP contribution in [0.1, 0.15) is 21.6 Å². The number of halogens is 1. The van der Waals surface area contributed by atoms with Crippen LogP contribution in [0.5, 0.6) is 0 Å². The average Bonchev–Trinajstić information content (AvgIpc) is 2.70. The fourth-order valence-electron chi connectivity index (χ4n) is 1.71. The number of methoxy groups -OCH3 is 1. The predicted molar refractivity (Wildman–Crippen MR) is 70.2 cm³/mol. The molecule has 0 radical (unpaired) electrons. The van der Waals surface area contributed by atoms with Crippen molar-refractivity contribution < 1.29 is 13.9 Å². The number of benzene rings is 1. The van der Waals surface area contributed by atoms with Gasteiger partial charge in [-0.25, -0.2) is 9.18 Å². The Balaban J connectivity index is 2.31. The van der Waals surface area contributed by atoms with Crippen LogP contribution in [-0.2, 0) is 11.3 Å². The Hall–Kier alpha value is -1.95. The van der Waals surface area contributed by atoms with E-state index in [0.717, 1.165) is 17.0 Å². The molecule has 0 saturated heterocycles. The van der Waals surface area contributed by atoms with Crippen LogP contribution in [0.4, 0.5) is 4.39 Å². The van der Waals surface area contributed by atoms with E-state index in [4.69, 9.17) is 0 Å². The molecule has 0 aliphatic rings. The van der Waals surface area contributed by atoms with Crippen molar-refractivity contribution in [2.45, 2.75) is 13.5 Å². The molecule has 1 heterocycles. The van der Waals surface area contributed by atoms with Gasteiger partial charge in [0.15, 0.2) is 0 Å². The van der Waals surface area contributed by atoms with Gasteiger partial charge in [-0.3, -0.25) is 9.36 Å². The van der Waals surface area contributed by atoms with Gasteiger partial charge in [-0.1, -0.05) is 17.4 Å². The normalized spacial score (nSPS) is 10.5. The molecule has 100 valence electrons. The van der Waals surface area contributed by atoms with Crippen LogP contribution in [0, 0.1) is 12.7 Å².